The van der Waals surface area contributed by atoms with Crippen LogP contribution in [0.1, 0.15) is 37.8 Å². The van der Waals surface area contributed by atoms with Gasteiger partial charge in [-0.05, 0) is 24.0 Å². The van der Waals surface area contributed by atoms with Crippen molar-refractivity contribution in [1.29, 1.82) is 0 Å². The standard InChI is InChI=1S/C14H20ClNOS/c1-3-4-10(2)8-17-9-12-6-5-11(14(16)18)7-13(12)15/h5-7,10H,3-4,8-9H2,1-2H3,(H2,16,18). The summed E-state index contributed by atoms with van der Waals surface area (Å²) in [5, 5.41) is 0.656. The van der Waals surface area contributed by atoms with Gasteiger partial charge in [-0.3, -0.25) is 0 Å². The number of rotatable bonds is 7. The lowest BCUT2D eigenvalue weighted by molar-refractivity contribution is 0.0894. The van der Waals surface area contributed by atoms with Crippen molar-refractivity contribution in [1.82, 2.24) is 0 Å². The van der Waals surface area contributed by atoms with Gasteiger partial charge < -0.3 is 10.5 Å². The maximum absolute atomic E-state index is 6.15. The zero-order chi connectivity index (χ0) is 13.5. The molecule has 1 rings (SSSR count). The lowest BCUT2D eigenvalue weighted by atomic mass is 10.1. The fraction of sp³-hybridized carbons (Fsp3) is 0.500. The molecule has 100 valence electrons. The van der Waals surface area contributed by atoms with Gasteiger partial charge in [-0.2, -0.15) is 0 Å². The Morgan fingerprint density at radius 3 is 2.78 bits per heavy atom. The van der Waals surface area contributed by atoms with Crippen LogP contribution in [-0.2, 0) is 11.3 Å². The zero-order valence-corrected chi connectivity index (χ0v) is 12.5. The normalized spacial score (nSPS) is 12.4. The van der Waals surface area contributed by atoms with E-state index in [-0.39, 0.29) is 0 Å². The fourth-order valence-corrected chi connectivity index (χ4v) is 2.13. The van der Waals surface area contributed by atoms with Crippen molar-refractivity contribution in [3.63, 3.8) is 0 Å². The number of ether oxygens (including phenoxy) is 1. The monoisotopic (exact) mass is 285 g/mol. The van der Waals surface area contributed by atoms with Gasteiger partial charge in [-0.25, -0.2) is 0 Å². The molecule has 2 N–H and O–H groups in total. The summed E-state index contributed by atoms with van der Waals surface area (Å²) in [6, 6.07) is 5.59. The zero-order valence-electron chi connectivity index (χ0n) is 10.9. The van der Waals surface area contributed by atoms with Gasteiger partial charge in [0.15, 0.2) is 0 Å². The van der Waals surface area contributed by atoms with Crippen molar-refractivity contribution in [2.75, 3.05) is 6.61 Å². The Morgan fingerprint density at radius 1 is 1.50 bits per heavy atom. The Balaban J connectivity index is 2.50. The van der Waals surface area contributed by atoms with Gasteiger partial charge in [0.25, 0.3) is 0 Å². The molecule has 0 aliphatic carbocycles. The van der Waals surface area contributed by atoms with E-state index < -0.39 is 0 Å². The molecular formula is C14H20ClNOS. The van der Waals surface area contributed by atoms with Crippen molar-refractivity contribution in [2.45, 2.75) is 33.3 Å². The van der Waals surface area contributed by atoms with Crippen LogP contribution in [-0.4, -0.2) is 11.6 Å². The average molecular weight is 286 g/mol. The fourth-order valence-electron chi connectivity index (χ4n) is 1.76. The van der Waals surface area contributed by atoms with Crippen molar-refractivity contribution >= 4 is 28.8 Å². The maximum atomic E-state index is 6.15. The molecule has 0 spiro atoms. The van der Waals surface area contributed by atoms with E-state index >= 15 is 0 Å². The molecule has 0 fully saturated rings. The van der Waals surface area contributed by atoms with Crippen LogP contribution in [0, 0.1) is 5.92 Å². The lowest BCUT2D eigenvalue weighted by Crippen LogP contribution is -2.10. The summed E-state index contributed by atoms with van der Waals surface area (Å²) in [6.07, 6.45) is 2.38. The number of hydrogen-bond acceptors (Lipinski definition) is 2. The van der Waals surface area contributed by atoms with Gasteiger partial charge in [-0.15, -0.1) is 0 Å². The third kappa shape index (κ3) is 4.92. The molecular weight excluding hydrogens is 266 g/mol. The Labute approximate surface area is 119 Å². The minimum atomic E-state index is 0.362. The number of thiocarbonyl (C=S) groups is 1. The molecule has 0 aliphatic rings. The first-order valence-corrected chi connectivity index (χ1v) is 6.99. The molecule has 0 saturated heterocycles. The second-order valence-corrected chi connectivity index (χ2v) is 5.43. The molecule has 0 aliphatic heterocycles. The van der Waals surface area contributed by atoms with E-state index in [0.29, 0.717) is 22.5 Å². The summed E-state index contributed by atoms with van der Waals surface area (Å²) in [7, 11) is 0. The topological polar surface area (TPSA) is 35.2 Å². The minimum absolute atomic E-state index is 0.362. The van der Waals surface area contributed by atoms with Crippen LogP contribution in [0.3, 0.4) is 0 Å². The quantitative estimate of drug-likeness (QED) is 0.771. The summed E-state index contributed by atoms with van der Waals surface area (Å²) in [4.78, 5) is 0.362. The first-order chi connectivity index (χ1) is 8.54. The second-order valence-electron chi connectivity index (χ2n) is 4.58. The van der Waals surface area contributed by atoms with E-state index in [2.05, 4.69) is 13.8 Å². The van der Waals surface area contributed by atoms with E-state index in [9.17, 15) is 0 Å². The van der Waals surface area contributed by atoms with Gasteiger partial charge in [0.05, 0.1) is 6.61 Å². The predicted octanol–water partition coefficient (Wildman–Crippen LogP) is 3.93. The first kappa shape index (κ1) is 15.4. The van der Waals surface area contributed by atoms with Crippen LogP contribution in [0.5, 0.6) is 0 Å². The minimum Gasteiger partial charge on any atom is -0.389 e. The summed E-state index contributed by atoms with van der Waals surface area (Å²) in [5.74, 6) is 0.588. The Kier molecular flexibility index (Phi) is 6.61. The molecule has 1 unspecified atom stereocenters. The van der Waals surface area contributed by atoms with Crippen LogP contribution in [0.2, 0.25) is 5.02 Å². The number of halogens is 1. The van der Waals surface area contributed by atoms with Gasteiger partial charge in [-0.1, -0.05) is 56.2 Å². The molecule has 0 saturated carbocycles. The van der Waals surface area contributed by atoms with Gasteiger partial charge >= 0.3 is 0 Å². The Bertz CT molecular complexity index is 409. The molecule has 0 heterocycles. The largest absolute Gasteiger partial charge is 0.389 e. The molecule has 1 aromatic carbocycles. The van der Waals surface area contributed by atoms with Crippen LogP contribution in [0.4, 0.5) is 0 Å². The van der Waals surface area contributed by atoms with E-state index in [1.165, 1.54) is 12.8 Å². The highest BCUT2D eigenvalue weighted by atomic mass is 35.5. The van der Waals surface area contributed by atoms with Crippen LogP contribution < -0.4 is 5.73 Å². The highest BCUT2D eigenvalue weighted by Gasteiger charge is 2.05. The molecule has 0 radical (unpaired) electrons. The first-order valence-electron chi connectivity index (χ1n) is 6.20. The van der Waals surface area contributed by atoms with Crippen LogP contribution in [0.25, 0.3) is 0 Å². The SMILES string of the molecule is CCCC(C)COCc1ccc(C(N)=S)cc1Cl. The molecule has 0 amide bonds. The van der Waals surface area contributed by atoms with Crippen LogP contribution >= 0.6 is 23.8 Å². The predicted molar refractivity (Wildman–Crippen MR) is 81.1 cm³/mol. The molecule has 18 heavy (non-hydrogen) atoms. The molecule has 2 nitrogen and oxygen atoms in total. The van der Waals surface area contributed by atoms with E-state index in [1.54, 1.807) is 6.07 Å². The number of nitrogens with two attached hydrogens (primary N) is 1. The van der Waals surface area contributed by atoms with Gasteiger partial charge in [0, 0.05) is 17.2 Å². The van der Waals surface area contributed by atoms with Crippen molar-refractivity contribution in [2.24, 2.45) is 11.7 Å². The number of benzene rings is 1. The van der Waals surface area contributed by atoms with E-state index in [0.717, 1.165) is 17.7 Å². The molecule has 0 aromatic heterocycles. The van der Waals surface area contributed by atoms with Gasteiger partial charge in [0.2, 0.25) is 0 Å². The smallest absolute Gasteiger partial charge is 0.104 e. The summed E-state index contributed by atoms with van der Waals surface area (Å²) in [6.45, 7) is 5.68. The van der Waals surface area contributed by atoms with Crippen LogP contribution in [0.15, 0.2) is 18.2 Å². The summed E-state index contributed by atoms with van der Waals surface area (Å²) >= 11 is 11.1. The summed E-state index contributed by atoms with van der Waals surface area (Å²) in [5.41, 5.74) is 7.31. The molecule has 0 bridgehead atoms. The third-order valence-electron chi connectivity index (χ3n) is 2.78. The number of hydrogen-bond donors (Lipinski definition) is 1. The average Bonchev–Trinajstić information content (AvgIpc) is 2.31. The maximum Gasteiger partial charge on any atom is 0.104 e. The summed E-state index contributed by atoms with van der Waals surface area (Å²) < 4.78 is 5.67. The Morgan fingerprint density at radius 2 is 2.22 bits per heavy atom. The van der Waals surface area contributed by atoms with Crippen molar-refractivity contribution in [3.8, 4) is 0 Å². The van der Waals surface area contributed by atoms with Gasteiger partial charge in [0.1, 0.15) is 4.99 Å². The highest BCUT2D eigenvalue weighted by molar-refractivity contribution is 7.80. The second kappa shape index (κ2) is 7.72. The lowest BCUT2D eigenvalue weighted by Gasteiger charge is -2.12. The molecule has 1 atom stereocenters. The third-order valence-corrected chi connectivity index (χ3v) is 3.37. The van der Waals surface area contributed by atoms with E-state index in [4.69, 9.17) is 34.3 Å². The van der Waals surface area contributed by atoms with E-state index in [1.807, 2.05) is 12.1 Å². The molecule has 4 heteroatoms. The molecule has 1 aromatic rings. The Hall–Kier alpha value is -0.640. The van der Waals surface area contributed by atoms with Crippen molar-refractivity contribution < 1.29 is 4.74 Å². The van der Waals surface area contributed by atoms with Crippen molar-refractivity contribution in [3.05, 3.63) is 34.3 Å². The highest BCUT2D eigenvalue weighted by Crippen LogP contribution is 2.19.